The van der Waals surface area contributed by atoms with Crippen LogP contribution in [0.2, 0.25) is 0 Å². The number of carboxylic acid groups (broad SMARTS) is 1. The molecule has 1 heterocycles. The summed E-state index contributed by atoms with van der Waals surface area (Å²) in [7, 11) is -4.18. The standard InChI is InChI=1S/C32H31N3O7S/c1-21(32(38)39)34-31(37)25-10-5-6-13-30(25)43(40,41)19-26-23-11-7-12-27(36)24(23)14-15-28(26)42-29(18-35-17-16-33-20-35)22-8-3-2-4-9-22/h2-6,8-10,13-17,20-21,29H,7,11-12,18-19H2,1H3,(H,34,37)(H,38,39)/t21-,29+/m0/s1. The highest BCUT2D eigenvalue weighted by atomic mass is 32.2. The van der Waals surface area contributed by atoms with Gasteiger partial charge in [-0.25, -0.2) is 13.4 Å². The number of Topliss-reactive ketones (excluding diaryl/α,β-unsaturated/α-hetero) is 1. The molecular formula is C32H31N3O7S. The zero-order valence-corrected chi connectivity index (χ0v) is 24.3. The van der Waals surface area contributed by atoms with Crippen molar-refractivity contribution in [2.24, 2.45) is 0 Å². The number of benzene rings is 3. The quantitative estimate of drug-likeness (QED) is 0.257. The summed E-state index contributed by atoms with van der Waals surface area (Å²) < 4.78 is 36.5. The average Bonchev–Trinajstić information content (AvgIpc) is 3.51. The molecule has 11 heteroatoms. The molecule has 0 aliphatic heterocycles. The number of aliphatic carboxylic acids is 1. The number of fused-ring (bicyclic) bond motifs is 1. The fraction of sp³-hybridized carbons (Fsp3) is 0.250. The Bertz CT molecular complexity index is 1750. The van der Waals surface area contributed by atoms with Crippen LogP contribution in [-0.2, 0) is 33.4 Å². The summed E-state index contributed by atoms with van der Waals surface area (Å²) in [6.45, 7) is 1.69. The number of amides is 1. The number of nitrogens with one attached hydrogen (secondary N) is 1. The van der Waals surface area contributed by atoms with Gasteiger partial charge in [0.15, 0.2) is 15.6 Å². The molecule has 0 bridgehead atoms. The van der Waals surface area contributed by atoms with E-state index in [-0.39, 0.29) is 16.2 Å². The number of ketones is 1. The van der Waals surface area contributed by atoms with Crippen LogP contribution >= 0.6 is 0 Å². The molecule has 43 heavy (non-hydrogen) atoms. The van der Waals surface area contributed by atoms with Crippen LogP contribution < -0.4 is 10.1 Å². The minimum Gasteiger partial charge on any atom is -0.484 e. The van der Waals surface area contributed by atoms with E-state index in [2.05, 4.69) is 10.3 Å². The van der Waals surface area contributed by atoms with Crippen LogP contribution in [0.4, 0.5) is 0 Å². The van der Waals surface area contributed by atoms with Gasteiger partial charge in [0.05, 0.1) is 29.1 Å². The number of hydrogen-bond donors (Lipinski definition) is 2. The van der Waals surface area contributed by atoms with Crippen LogP contribution in [0.25, 0.3) is 0 Å². The zero-order valence-electron chi connectivity index (χ0n) is 23.5. The summed E-state index contributed by atoms with van der Waals surface area (Å²) in [6.07, 6.45) is 6.08. The lowest BCUT2D eigenvalue weighted by atomic mass is 9.87. The third-order valence-corrected chi connectivity index (χ3v) is 9.11. The Hall–Kier alpha value is -4.77. The first-order chi connectivity index (χ1) is 20.6. The normalized spacial score (nSPS) is 14.4. The van der Waals surface area contributed by atoms with Crippen molar-refractivity contribution in [2.75, 3.05) is 0 Å². The van der Waals surface area contributed by atoms with Gasteiger partial charge in [-0.05, 0) is 55.2 Å². The van der Waals surface area contributed by atoms with Crippen LogP contribution in [0.3, 0.4) is 0 Å². The third kappa shape index (κ3) is 6.67. The SMILES string of the molecule is C[C@H](NC(=O)c1ccccc1S(=O)(=O)Cc1c(O[C@H](Cn2ccnc2)c2ccccc2)ccc2c1CCCC2=O)C(=O)O. The van der Waals surface area contributed by atoms with Crippen molar-refractivity contribution in [3.63, 3.8) is 0 Å². The predicted octanol–water partition coefficient (Wildman–Crippen LogP) is 4.40. The van der Waals surface area contributed by atoms with E-state index in [4.69, 9.17) is 4.74 Å². The maximum Gasteiger partial charge on any atom is 0.325 e. The summed E-state index contributed by atoms with van der Waals surface area (Å²) in [5.41, 5.74) is 2.16. The lowest BCUT2D eigenvalue weighted by Crippen LogP contribution is -2.38. The number of carbonyl (C=O) groups is 3. The molecule has 222 valence electrons. The molecule has 5 rings (SSSR count). The Balaban J connectivity index is 1.56. The Morgan fingerprint density at radius 1 is 1.05 bits per heavy atom. The summed E-state index contributed by atoms with van der Waals surface area (Å²) in [4.78, 5) is 41.0. The second-order valence-corrected chi connectivity index (χ2v) is 12.4. The van der Waals surface area contributed by atoms with Gasteiger partial charge in [-0.2, -0.15) is 0 Å². The van der Waals surface area contributed by atoms with Gasteiger partial charge in [0.2, 0.25) is 0 Å². The van der Waals surface area contributed by atoms with E-state index in [0.29, 0.717) is 48.2 Å². The van der Waals surface area contributed by atoms with Crippen molar-refractivity contribution in [3.8, 4) is 5.75 Å². The number of rotatable bonds is 11. The van der Waals surface area contributed by atoms with Gasteiger partial charge < -0.3 is 19.7 Å². The predicted molar refractivity (Wildman–Crippen MR) is 158 cm³/mol. The van der Waals surface area contributed by atoms with Gasteiger partial charge in [0.25, 0.3) is 5.91 Å². The molecule has 4 aromatic rings. The Morgan fingerprint density at radius 2 is 1.79 bits per heavy atom. The van der Waals surface area contributed by atoms with Gasteiger partial charge in [-0.15, -0.1) is 0 Å². The number of carboxylic acids is 1. The molecule has 0 unspecified atom stereocenters. The molecule has 0 fully saturated rings. The largest absolute Gasteiger partial charge is 0.484 e. The lowest BCUT2D eigenvalue weighted by Gasteiger charge is -2.26. The third-order valence-electron chi connectivity index (χ3n) is 7.41. The van der Waals surface area contributed by atoms with Crippen LogP contribution in [0, 0.1) is 0 Å². The molecule has 10 nitrogen and oxygen atoms in total. The van der Waals surface area contributed by atoms with Crippen LogP contribution in [0.1, 0.15) is 63.3 Å². The molecule has 1 aliphatic rings. The van der Waals surface area contributed by atoms with Crippen molar-refractivity contribution in [2.45, 2.75) is 55.5 Å². The van der Waals surface area contributed by atoms with E-state index in [1.54, 1.807) is 24.7 Å². The van der Waals surface area contributed by atoms with Crippen LogP contribution in [0.15, 0.2) is 90.3 Å². The average molecular weight is 602 g/mol. The van der Waals surface area contributed by atoms with Crippen LogP contribution in [-0.4, -0.2) is 46.8 Å². The van der Waals surface area contributed by atoms with Gasteiger partial charge in [0.1, 0.15) is 17.9 Å². The molecule has 1 aliphatic carbocycles. The summed E-state index contributed by atoms with van der Waals surface area (Å²) in [5.74, 6) is -2.33. The van der Waals surface area contributed by atoms with E-state index < -0.39 is 39.6 Å². The molecule has 1 amide bonds. The number of sulfone groups is 1. The van der Waals surface area contributed by atoms with E-state index in [9.17, 15) is 27.9 Å². The molecule has 0 saturated carbocycles. The molecule has 0 spiro atoms. The lowest BCUT2D eigenvalue weighted by molar-refractivity contribution is -0.138. The first kappa shape index (κ1) is 29.7. The Labute approximate surface area is 249 Å². The summed E-state index contributed by atoms with van der Waals surface area (Å²) >= 11 is 0. The highest BCUT2D eigenvalue weighted by molar-refractivity contribution is 7.90. The van der Waals surface area contributed by atoms with E-state index >= 15 is 0 Å². The van der Waals surface area contributed by atoms with Crippen molar-refractivity contribution in [3.05, 3.63) is 113 Å². The fourth-order valence-corrected chi connectivity index (χ4v) is 6.83. The molecule has 0 radical (unpaired) electrons. The smallest absolute Gasteiger partial charge is 0.325 e. The number of nitrogens with zero attached hydrogens (tertiary/aromatic N) is 2. The minimum atomic E-state index is -4.18. The maximum absolute atomic E-state index is 14.0. The topological polar surface area (TPSA) is 145 Å². The fourth-order valence-electron chi connectivity index (χ4n) is 5.19. The van der Waals surface area contributed by atoms with E-state index in [1.807, 2.05) is 41.1 Å². The molecule has 0 saturated heterocycles. The summed E-state index contributed by atoms with van der Waals surface area (Å²) in [5, 5.41) is 11.5. The Kier molecular flexibility index (Phi) is 8.72. The second kappa shape index (κ2) is 12.6. The molecule has 3 aromatic carbocycles. The van der Waals surface area contributed by atoms with Gasteiger partial charge in [-0.1, -0.05) is 42.5 Å². The molecule has 1 aromatic heterocycles. The second-order valence-electron chi connectivity index (χ2n) is 10.4. The summed E-state index contributed by atoms with van der Waals surface area (Å²) in [6, 6.07) is 17.3. The minimum absolute atomic E-state index is 0.0630. The number of ether oxygens (including phenoxy) is 1. The number of carbonyl (C=O) groups excluding carboxylic acids is 2. The van der Waals surface area contributed by atoms with Crippen molar-refractivity contribution in [1.82, 2.24) is 14.9 Å². The van der Waals surface area contributed by atoms with E-state index in [1.165, 1.54) is 31.2 Å². The number of hydrogen-bond acceptors (Lipinski definition) is 7. The molecule has 2 atom stereocenters. The van der Waals surface area contributed by atoms with Crippen molar-refractivity contribution < 1.29 is 32.6 Å². The highest BCUT2D eigenvalue weighted by Gasteiger charge is 2.30. The van der Waals surface area contributed by atoms with E-state index in [0.717, 1.165) is 5.56 Å². The Morgan fingerprint density at radius 3 is 2.51 bits per heavy atom. The van der Waals surface area contributed by atoms with Crippen LogP contribution in [0.5, 0.6) is 5.75 Å². The van der Waals surface area contributed by atoms with Gasteiger partial charge >= 0.3 is 5.97 Å². The molecule has 2 N–H and O–H groups in total. The van der Waals surface area contributed by atoms with Crippen molar-refractivity contribution in [1.29, 1.82) is 0 Å². The first-order valence-electron chi connectivity index (χ1n) is 13.8. The number of aromatic nitrogens is 2. The van der Waals surface area contributed by atoms with Crippen molar-refractivity contribution >= 4 is 27.5 Å². The first-order valence-corrected chi connectivity index (χ1v) is 15.5. The number of imidazole rings is 1. The molecular weight excluding hydrogens is 570 g/mol. The van der Waals surface area contributed by atoms with Gasteiger partial charge in [0, 0.05) is 29.9 Å². The van der Waals surface area contributed by atoms with Gasteiger partial charge in [-0.3, -0.25) is 14.4 Å². The maximum atomic E-state index is 14.0. The monoisotopic (exact) mass is 601 g/mol. The highest BCUT2D eigenvalue weighted by Crippen LogP contribution is 2.37. The zero-order chi connectivity index (χ0) is 30.6.